The largest absolute Gasteiger partial charge is 0.399 e. The Hall–Kier alpha value is -1.60. The minimum Gasteiger partial charge on any atom is -0.399 e. The number of carbonyl (C=O) groups excluding carboxylic acids is 1. The first-order chi connectivity index (χ1) is 8.39. The molecule has 1 heterocycles. The molecule has 0 radical (unpaired) electrons. The van der Waals surface area contributed by atoms with Crippen molar-refractivity contribution in [2.75, 3.05) is 25.4 Å². The van der Waals surface area contributed by atoms with Gasteiger partial charge in [0.05, 0.1) is 11.4 Å². The number of carbonyl (C=O) groups is 1. The quantitative estimate of drug-likeness (QED) is 0.721. The molecular weight excluding hydrogens is 254 g/mol. The van der Waals surface area contributed by atoms with Crippen LogP contribution in [0.15, 0.2) is 23.1 Å². The number of rotatable bonds is 2. The van der Waals surface area contributed by atoms with Crippen LogP contribution in [0.2, 0.25) is 0 Å². The number of piperazine rings is 1. The van der Waals surface area contributed by atoms with Gasteiger partial charge >= 0.3 is 0 Å². The Labute approximate surface area is 106 Å². The lowest BCUT2D eigenvalue weighted by molar-refractivity contribution is -0.122. The van der Waals surface area contributed by atoms with Crippen molar-refractivity contribution in [1.29, 1.82) is 0 Å². The molecule has 1 aromatic rings. The van der Waals surface area contributed by atoms with Gasteiger partial charge in [0.1, 0.15) is 0 Å². The predicted molar refractivity (Wildman–Crippen MR) is 67.4 cm³/mol. The first-order valence-electron chi connectivity index (χ1n) is 5.53. The summed E-state index contributed by atoms with van der Waals surface area (Å²) in [7, 11) is -3.65. The number of nitrogens with one attached hydrogen (secondary N) is 1. The highest BCUT2D eigenvalue weighted by Crippen LogP contribution is 2.20. The number of aryl methyl sites for hydroxylation is 1. The number of hydrogen-bond donors (Lipinski definition) is 2. The van der Waals surface area contributed by atoms with Gasteiger partial charge in [-0.3, -0.25) is 4.79 Å². The van der Waals surface area contributed by atoms with Gasteiger partial charge in [-0.25, -0.2) is 8.42 Å². The predicted octanol–water partition coefficient (Wildman–Crippen LogP) is -0.302. The lowest BCUT2D eigenvalue weighted by atomic mass is 10.2. The monoisotopic (exact) mass is 269 g/mol. The fourth-order valence-corrected chi connectivity index (χ4v) is 3.43. The topological polar surface area (TPSA) is 92.5 Å². The van der Waals surface area contributed by atoms with E-state index in [9.17, 15) is 13.2 Å². The van der Waals surface area contributed by atoms with E-state index >= 15 is 0 Å². The molecule has 1 aliphatic rings. The van der Waals surface area contributed by atoms with Gasteiger partial charge < -0.3 is 11.1 Å². The number of anilines is 1. The van der Waals surface area contributed by atoms with Gasteiger partial charge in [0.15, 0.2) is 0 Å². The highest BCUT2D eigenvalue weighted by atomic mass is 32.2. The molecule has 1 aromatic carbocycles. The zero-order chi connectivity index (χ0) is 13.3. The second-order valence-corrected chi connectivity index (χ2v) is 6.21. The Balaban J connectivity index is 2.38. The van der Waals surface area contributed by atoms with Crippen LogP contribution in [0, 0.1) is 6.92 Å². The molecule has 0 aromatic heterocycles. The molecule has 7 heteroatoms. The molecule has 0 bridgehead atoms. The summed E-state index contributed by atoms with van der Waals surface area (Å²) in [4.78, 5) is 11.4. The molecule has 0 saturated carbocycles. The summed E-state index contributed by atoms with van der Waals surface area (Å²) < 4.78 is 25.8. The summed E-state index contributed by atoms with van der Waals surface area (Å²) in [6.45, 7) is 2.25. The number of benzene rings is 1. The Morgan fingerprint density at radius 3 is 2.67 bits per heavy atom. The molecule has 1 aliphatic heterocycles. The summed E-state index contributed by atoms with van der Waals surface area (Å²) in [5.74, 6) is -0.287. The molecular formula is C11H15N3O3S. The molecule has 2 rings (SSSR count). The van der Waals surface area contributed by atoms with Crippen LogP contribution in [0.1, 0.15) is 5.56 Å². The van der Waals surface area contributed by atoms with Crippen molar-refractivity contribution in [3.63, 3.8) is 0 Å². The van der Waals surface area contributed by atoms with E-state index in [2.05, 4.69) is 5.32 Å². The van der Waals surface area contributed by atoms with Crippen LogP contribution in [-0.4, -0.2) is 38.3 Å². The van der Waals surface area contributed by atoms with Crippen molar-refractivity contribution in [1.82, 2.24) is 9.62 Å². The number of amides is 1. The van der Waals surface area contributed by atoms with Crippen molar-refractivity contribution >= 4 is 21.6 Å². The Morgan fingerprint density at radius 1 is 1.33 bits per heavy atom. The zero-order valence-electron chi connectivity index (χ0n) is 10.0. The summed E-state index contributed by atoms with van der Waals surface area (Å²) in [6.07, 6.45) is 0. The first kappa shape index (κ1) is 12.8. The highest BCUT2D eigenvalue weighted by molar-refractivity contribution is 7.89. The molecule has 18 heavy (non-hydrogen) atoms. The van der Waals surface area contributed by atoms with Crippen LogP contribution in [0.3, 0.4) is 0 Å². The summed E-state index contributed by atoms with van der Waals surface area (Å²) in [5.41, 5.74) is 6.82. The highest BCUT2D eigenvalue weighted by Gasteiger charge is 2.29. The fourth-order valence-electron chi connectivity index (χ4n) is 1.89. The summed E-state index contributed by atoms with van der Waals surface area (Å²) in [6, 6.07) is 4.66. The lowest BCUT2D eigenvalue weighted by Crippen LogP contribution is -2.49. The number of nitrogens with zero attached hydrogens (tertiary/aromatic N) is 1. The number of hydrogen-bond acceptors (Lipinski definition) is 4. The number of nitrogen functional groups attached to an aromatic ring is 1. The van der Waals surface area contributed by atoms with Crippen molar-refractivity contribution < 1.29 is 13.2 Å². The van der Waals surface area contributed by atoms with E-state index in [1.54, 1.807) is 19.1 Å². The Morgan fingerprint density at radius 2 is 2.06 bits per heavy atom. The smallest absolute Gasteiger partial charge is 0.243 e. The van der Waals surface area contributed by atoms with E-state index in [1.165, 1.54) is 10.4 Å². The molecule has 3 N–H and O–H groups in total. The molecule has 1 fully saturated rings. The van der Waals surface area contributed by atoms with Crippen molar-refractivity contribution in [3.8, 4) is 0 Å². The Bertz CT molecular complexity index is 563. The average Bonchev–Trinajstić information content (AvgIpc) is 2.27. The van der Waals surface area contributed by atoms with Crippen LogP contribution in [0.4, 0.5) is 5.69 Å². The normalized spacial score (nSPS) is 17.5. The zero-order valence-corrected chi connectivity index (χ0v) is 10.8. The van der Waals surface area contributed by atoms with E-state index in [1.807, 2.05) is 0 Å². The third-order valence-corrected chi connectivity index (χ3v) is 4.54. The Kier molecular flexibility index (Phi) is 3.27. The van der Waals surface area contributed by atoms with Gasteiger partial charge in [0, 0.05) is 18.8 Å². The van der Waals surface area contributed by atoms with Gasteiger partial charge in [-0.15, -0.1) is 0 Å². The van der Waals surface area contributed by atoms with E-state index in [4.69, 9.17) is 5.73 Å². The summed E-state index contributed by atoms with van der Waals surface area (Å²) >= 11 is 0. The van der Waals surface area contributed by atoms with E-state index in [0.29, 0.717) is 12.2 Å². The second-order valence-electron chi connectivity index (χ2n) is 4.27. The molecule has 6 nitrogen and oxygen atoms in total. The van der Waals surface area contributed by atoms with Gasteiger partial charge in [0.2, 0.25) is 15.9 Å². The minimum atomic E-state index is -3.65. The molecule has 1 amide bonds. The van der Waals surface area contributed by atoms with Crippen LogP contribution in [0.5, 0.6) is 0 Å². The van der Waals surface area contributed by atoms with E-state index < -0.39 is 10.0 Å². The minimum absolute atomic E-state index is 0.134. The molecule has 0 unspecified atom stereocenters. The average molecular weight is 269 g/mol. The van der Waals surface area contributed by atoms with Gasteiger partial charge in [-0.05, 0) is 30.7 Å². The molecule has 98 valence electrons. The van der Waals surface area contributed by atoms with E-state index in [0.717, 1.165) is 5.56 Å². The van der Waals surface area contributed by atoms with Gasteiger partial charge in [-0.1, -0.05) is 0 Å². The van der Waals surface area contributed by atoms with Crippen molar-refractivity contribution in [2.24, 2.45) is 0 Å². The van der Waals surface area contributed by atoms with Crippen LogP contribution < -0.4 is 11.1 Å². The van der Waals surface area contributed by atoms with Crippen molar-refractivity contribution in [2.45, 2.75) is 11.8 Å². The maximum atomic E-state index is 12.3. The van der Waals surface area contributed by atoms with Gasteiger partial charge in [0.25, 0.3) is 0 Å². The molecule has 0 atom stereocenters. The van der Waals surface area contributed by atoms with Crippen LogP contribution in [0.25, 0.3) is 0 Å². The maximum absolute atomic E-state index is 12.3. The molecule has 1 saturated heterocycles. The number of sulfonamides is 1. The van der Waals surface area contributed by atoms with E-state index in [-0.39, 0.29) is 23.9 Å². The van der Waals surface area contributed by atoms with Crippen LogP contribution in [-0.2, 0) is 14.8 Å². The second kappa shape index (κ2) is 4.58. The lowest BCUT2D eigenvalue weighted by Gasteiger charge is -2.26. The first-order valence-corrected chi connectivity index (χ1v) is 6.97. The number of nitrogens with two attached hydrogens (primary N) is 1. The van der Waals surface area contributed by atoms with Crippen LogP contribution >= 0.6 is 0 Å². The summed E-state index contributed by atoms with van der Waals surface area (Å²) in [5, 5.41) is 2.59. The maximum Gasteiger partial charge on any atom is 0.243 e. The molecule has 0 spiro atoms. The van der Waals surface area contributed by atoms with Gasteiger partial charge in [-0.2, -0.15) is 4.31 Å². The molecule has 0 aliphatic carbocycles. The fraction of sp³-hybridized carbons (Fsp3) is 0.364. The SMILES string of the molecule is Cc1cc(N)cc(S(=O)(=O)N2CCNC(=O)C2)c1. The standard InChI is InChI=1S/C11H15N3O3S/c1-8-4-9(12)6-10(5-8)18(16,17)14-3-2-13-11(15)7-14/h4-6H,2-3,7,12H2,1H3,(H,13,15). The van der Waals surface area contributed by atoms with Crippen molar-refractivity contribution in [3.05, 3.63) is 23.8 Å². The third-order valence-electron chi connectivity index (χ3n) is 2.71. The third kappa shape index (κ3) is 2.46.